The highest BCUT2D eigenvalue weighted by atomic mass is 16.1. The van der Waals surface area contributed by atoms with E-state index in [0.29, 0.717) is 13.0 Å². The predicted octanol–water partition coefficient (Wildman–Crippen LogP) is 15.5. The largest absolute Gasteiger partial charge is 0.294 e. The molecule has 0 saturated heterocycles. The number of ketones is 2. The van der Waals surface area contributed by atoms with Crippen molar-refractivity contribution in [2.24, 2.45) is 28.2 Å². The van der Waals surface area contributed by atoms with Crippen LogP contribution in [0.2, 0.25) is 0 Å². The molecule has 0 aliphatic rings. The van der Waals surface area contributed by atoms with Crippen molar-refractivity contribution in [1.82, 2.24) is 0 Å². The second kappa shape index (κ2) is 43.9. The fourth-order valence-corrected chi connectivity index (χ4v) is 7.75. The Morgan fingerprint density at radius 1 is 0.303 bits per heavy atom. The summed E-state index contributed by atoms with van der Waals surface area (Å²) in [6.07, 6.45) is 26.0. The highest BCUT2D eigenvalue weighted by Crippen LogP contribution is 2.07. The Hall–Kier alpha value is -9.66. The van der Waals surface area contributed by atoms with Gasteiger partial charge in [-0.2, -0.15) is 9.13 Å². The van der Waals surface area contributed by atoms with E-state index in [-0.39, 0.29) is 19.0 Å². The molecule has 0 aliphatic carbocycles. The van der Waals surface area contributed by atoms with E-state index in [1.165, 1.54) is 61.3 Å². The maximum atomic E-state index is 11.9. The first-order chi connectivity index (χ1) is 42.2. The van der Waals surface area contributed by atoms with Gasteiger partial charge in [0.25, 0.3) is 0 Å². The first-order valence-corrected chi connectivity index (χ1v) is 30.1. The average molecular weight is 1190 g/mol. The number of hydrogen-bond acceptors (Lipinski definition) is 2. The normalized spacial score (nSPS) is 9.43. The van der Waals surface area contributed by atoms with E-state index in [0.717, 1.165) is 17.5 Å². The molecule has 0 saturated carbocycles. The number of nitrogens with zero attached hydrogens (tertiary/aromatic N) is 6. The number of aryl methyl sites for hydroxylation is 14. The van der Waals surface area contributed by atoms with Gasteiger partial charge >= 0.3 is 0 Å². The van der Waals surface area contributed by atoms with Crippen molar-refractivity contribution in [1.29, 1.82) is 0 Å². The standard InChI is InChI=1S/C14H14NO.C12H12N.C10H12O.C9H12.4C7H10N.C7H8.CH4/c1-12-5-7-13(8-6-12)14(16)11-15-9-3-2-4-10-15;1-11-5-7-12(8-6-11)13-9-3-2-4-10-13;1-3-10(11)9-6-4-8(2)5-7-9;1-3-9-6-4-8(2)5-7-9;2*1-7-3-5-8(2)6-4-7;2*1-7-4-3-5-8(2)6-7;1-7-5-3-2-4-6-7;/h2-10H,11H2,1H3;2-10H,1H3;4-7H,3H2,1-2H3;4-7H,3H2,1-2H3;4*3-6H,1-2H3;2-6H,1H3;1H4/q2*+1;;;4*+1;;. The summed E-state index contributed by atoms with van der Waals surface area (Å²) >= 11 is 0. The molecule has 6 aromatic heterocycles. The second-order valence-electron chi connectivity index (χ2n) is 21.8. The molecule has 0 fully saturated rings. The molecule has 0 spiro atoms. The van der Waals surface area contributed by atoms with Gasteiger partial charge in [0.05, 0.1) is 0 Å². The topological polar surface area (TPSA) is 57.4 Å². The van der Waals surface area contributed by atoms with Gasteiger partial charge in [0.15, 0.2) is 80.1 Å². The number of carbonyl (C=O) groups is 2. The fraction of sp³-hybridized carbons (Fsp3) is 0.235. The fourth-order valence-electron chi connectivity index (χ4n) is 7.75. The van der Waals surface area contributed by atoms with Crippen molar-refractivity contribution in [3.63, 3.8) is 0 Å². The number of benzene rings is 5. The summed E-state index contributed by atoms with van der Waals surface area (Å²) in [6, 6.07) is 71.2. The minimum atomic E-state index is 0. The van der Waals surface area contributed by atoms with Crippen molar-refractivity contribution in [3.05, 3.63) is 353 Å². The number of rotatable bonds is 7. The van der Waals surface area contributed by atoms with Crippen LogP contribution in [0.3, 0.4) is 0 Å². The Morgan fingerprint density at radius 2 is 0.629 bits per heavy atom. The molecule has 89 heavy (non-hydrogen) atoms. The van der Waals surface area contributed by atoms with Crippen molar-refractivity contribution >= 4 is 11.6 Å². The zero-order chi connectivity index (χ0) is 64.5. The molecular weight excluding hydrogens is 1090 g/mol. The molecule has 8 heteroatoms. The molecule has 0 radical (unpaired) electrons. The van der Waals surface area contributed by atoms with Crippen molar-refractivity contribution in [2.45, 2.75) is 103 Å². The molecule has 0 atom stereocenters. The Kier molecular flexibility index (Phi) is 37.2. The Labute approximate surface area is 536 Å². The van der Waals surface area contributed by atoms with Crippen LogP contribution in [0.15, 0.2) is 287 Å². The lowest BCUT2D eigenvalue weighted by atomic mass is 10.1. The third-order valence-corrected chi connectivity index (χ3v) is 13.2. The average Bonchev–Trinajstić information content (AvgIpc) is 3.70. The molecule has 0 amide bonds. The first-order valence-electron chi connectivity index (χ1n) is 30.1. The molecule has 6 heterocycles. The van der Waals surface area contributed by atoms with Crippen molar-refractivity contribution in [3.8, 4) is 5.69 Å². The summed E-state index contributed by atoms with van der Waals surface area (Å²) in [6.45, 7) is 23.1. The predicted molar refractivity (Wildman–Crippen MR) is 369 cm³/mol. The number of hydrogen-bond donors (Lipinski definition) is 0. The van der Waals surface area contributed by atoms with Gasteiger partial charge < -0.3 is 0 Å². The SMILES string of the molecule is C.CCC(=O)c1ccc(C)cc1.CCc1ccc(C)cc1.Cc1cc[n+](C)cc1.Cc1cc[n+](C)cc1.Cc1ccc(-[n+]2ccccc2)cc1.Cc1ccc(C(=O)C[n+]2ccccc2)cc1.Cc1ccc[n+](C)c1.Cc1ccc[n+](C)c1.Cc1ccccc1. The molecule has 11 rings (SSSR count). The van der Waals surface area contributed by atoms with E-state index in [4.69, 9.17) is 0 Å². The zero-order valence-electron chi connectivity index (χ0n) is 55.3. The molecule has 0 aliphatic heterocycles. The summed E-state index contributed by atoms with van der Waals surface area (Å²) in [7, 11) is 8.07. The summed E-state index contributed by atoms with van der Waals surface area (Å²) in [5, 5.41) is 0. The summed E-state index contributed by atoms with van der Waals surface area (Å²) in [4.78, 5) is 23.0. The highest BCUT2D eigenvalue weighted by molar-refractivity contribution is 5.96. The summed E-state index contributed by atoms with van der Waals surface area (Å²) in [5.41, 5.74) is 15.7. The van der Waals surface area contributed by atoms with E-state index in [1.807, 2.05) is 249 Å². The van der Waals surface area contributed by atoms with Crippen LogP contribution >= 0.6 is 0 Å². The minimum absolute atomic E-state index is 0. The van der Waals surface area contributed by atoms with E-state index < -0.39 is 0 Å². The van der Waals surface area contributed by atoms with Crippen molar-refractivity contribution < 1.29 is 37.0 Å². The van der Waals surface area contributed by atoms with Crippen LogP contribution in [-0.4, -0.2) is 11.6 Å². The van der Waals surface area contributed by atoms with E-state index in [1.54, 1.807) is 0 Å². The number of pyridine rings is 6. The third-order valence-electron chi connectivity index (χ3n) is 13.2. The van der Waals surface area contributed by atoms with Gasteiger partial charge in [-0.1, -0.05) is 176 Å². The van der Waals surface area contributed by atoms with Crippen LogP contribution < -0.4 is 27.4 Å². The molecule has 0 unspecified atom stereocenters. The number of carbonyl (C=O) groups excluding carboxylic acids is 2. The van der Waals surface area contributed by atoms with Crippen molar-refractivity contribution in [2.75, 3.05) is 0 Å². The van der Waals surface area contributed by atoms with Crippen LogP contribution in [0, 0.1) is 62.3 Å². The monoisotopic (exact) mass is 1190 g/mol. The van der Waals surface area contributed by atoms with Gasteiger partial charge in [0, 0.05) is 101 Å². The molecule has 11 aromatic rings. The maximum Gasteiger partial charge on any atom is 0.227 e. The number of Topliss-reactive ketones (excluding diaryl/α,β-unsaturated/α-hetero) is 2. The minimum Gasteiger partial charge on any atom is -0.294 e. The van der Waals surface area contributed by atoms with Gasteiger partial charge in [-0.3, -0.25) is 9.59 Å². The van der Waals surface area contributed by atoms with E-state index in [2.05, 4.69) is 169 Å². The van der Waals surface area contributed by atoms with E-state index in [9.17, 15) is 9.59 Å². The van der Waals surface area contributed by atoms with Gasteiger partial charge in [-0.05, 0) is 97.6 Å². The zero-order valence-corrected chi connectivity index (χ0v) is 55.3. The van der Waals surface area contributed by atoms with Crippen LogP contribution in [-0.2, 0) is 41.2 Å². The molecule has 0 bridgehead atoms. The van der Waals surface area contributed by atoms with Gasteiger partial charge in [0.2, 0.25) is 18.0 Å². The summed E-state index contributed by atoms with van der Waals surface area (Å²) in [5.74, 6) is 0.348. The summed E-state index contributed by atoms with van der Waals surface area (Å²) < 4.78 is 12.1. The second-order valence-corrected chi connectivity index (χ2v) is 21.8. The maximum absolute atomic E-state index is 11.9. The third kappa shape index (κ3) is 34.9. The Balaban J connectivity index is 0.000000345. The van der Waals surface area contributed by atoms with Crippen LogP contribution in [0.4, 0.5) is 0 Å². The molecule has 462 valence electrons. The molecule has 0 N–H and O–H groups in total. The van der Waals surface area contributed by atoms with Crippen LogP contribution in [0.1, 0.15) is 104 Å². The molecule has 5 aromatic carbocycles. The van der Waals surface area contributed by atoms with Crippen LogP contribution in [0.25, 0.3) is 5.69 Å². The van der Waals surface area contributed by atoms with Gasteiger partial charge in [-0.25, -0.2) is 18.3 Å². The highest BCUT2D eigenvalue weighted by Gasteiger charge is 2.11. The molecular formula is C81H102N6O2+6. The number of aromatic nitrogens is 6. The lowest BCUT2D eigenvalue weighted by Crippen LogP contribution is -2.36. The Bertz CT molecular complexity index is 3450. The molecule has 8 nitrogen and oxygen atoms in total. The quantitative estimate of drug-likeness (QED) is 0.118. The first kappa shape index (κ1) is 75.4. The van der Waals surface area contributed by atoms with Gasteiger partial charge in [0.1, 0.15) is 28.2 Å². The van der Waals surface area contributed by atoms with Crippen LogP contribution in [0.5, 0.6) is 0 Å². The smallest absolute Gasteiger partial charge is 0.227 e. The Morgan fingerprint density at radius 3 is 0.955 bits per heavy atom. The lowest BCUT2D eigenvalue weighted by Gasteiger charge is -1.98. The van der Waals surface area contributed by atoms with Gasteiger partial charge in [-0.15, -0.1) is 0 Å². The lowest BCUT2D eigenvalue weighted by molar-refractivity contribution is -0.683. The van der Waals surface area contributed by atoms with E-state index >= 15 is 0 Å².